The van der Waals surface area contributed by atoms with Crippen LogP contribution in [0.2, 0.25) is 0 Å². The summed E-state index contributed by atoms with van der Waals surface area (Å²) >= 11 is 0. The van der Waals surface area contributed by atoms with Crippen LogP contribution in [0.3, 0.4) is 0 Å². The number of ether oxygens (including phenoxy) is 1. The lowest BCUT2D eigenvalue weighted by atomic mass is 10.1. The second kappa shape index (κ2) is 5.92. The molecule has 1 N–H and O–H groups in total. The van der Waals surface area contributed by atoms with Crippen LogP contribution in [-0.2, 0) is 4.74 Å². The van der Waals surface area contributed by atoms with Crippen LogP contribution in [-0.4, -0.2) is 48.6 Å². The molecule has 6 heteroatoms. The molecule has 1 heterocycles. The lowest BCUT2D eigenvalue weighted by molar-refractivity contribution is -0.0178. The molecule has 0 saturated carbocycles. The van der Waals surface area contributed by atoms with E-state index in [9.17, 15) is 5.11 Å². The first-order chi connectivity index (χ1) is 7.15. The minimum absolute atomic E-state index is 0.0747. The number of nitrogens with zero attached hydrogens (tertiary/aromatic N) is 4. The van der Waals surface area contributed by atoms with Gasteiger partial charge in [0.1, 0.15) is 6.23 Å². The summed E-state index contributed by atoms with van der Waals surface area (Å²) in [6.07, 6.45) is -0.533. The van der Waals surface area contributed by atoms with E-state index >= 15 is 0 Å². The first kappa shape index (κ1) is 12.3. The second-order valence-electron chi connectivity index (χ2n) is 4.07. The topological polar surface area (TPSA) is 81.5 Å². The lowest BCUT2D eigenvalue weighted by Gasteiger charge is -2.27. The third-order valence-electron chi connectivity index (χ3n) is 2.40. The Balaban J connectivity index is 2.39. The van der Waals surface area contributed by atoms with E-state index in [2.05, 4.69) is 28.8 Å². The highest BCUT2D eigenvalue weighted by Gasteiger charge is 2.28. The molecule has 0 aromatic heterocycles. The Labute approximate surface area is 89.5 Å². The molecule has 6 nitrogen and oxygen atoms in total. The normalized spacial score (nSPS) is 24.1. The number of azide groups is 1. The van der Waals surface area contributed by atoms with Crippen molar-refractivity contribution in [2.45, 2.75) is 26.2 Å². The Morgan fingerprint density at radius 2 is 2.40 bits per heavy atom. The quantitative estimate of drug-likeness (QED) is 0.420. The monoisotopic (exact) mass is 214 g/mol. The Kier molecular flexibility index (Phi) is 4.84. The predicted molar refractivity (Wildman–Crippen MR) is 56.2 cm³/mol. The lowest BCUT2D eigenvalue weighted by Crippen LogP contribution is -2.40. The van der Waals surface area contributed by atoms with Crippen LogP contribution in [0.1, 0.15) is 13.8 Å². The van der Waals surface area contributed by atoms with Gasteiger partial charge in [0.05, 0.1) is 19.3 Å². The van der Waals surface area contributed by atoms with Crippen molar-refractivity contribution in [1.82, 2.24) is 4.90 Å². The Morgan fingerprint density at radius 1 is 1.67 bits per heavy atom. The van der Waals surface area contributed by atoms with E-state index in [1.54, 1.807) is 0 Å². The molecule has 0 amide bonds. The Morgan fingerprint density at radius 3 is 3.00 bits per heavy atom. The minimum Gasteiger partial charge on any atom is -0.392 e. The summed E-state index contributed by atoms with van der Waals surface area (Å²) in [5, 5.41) is 12.9. The summed E-state index contributed by atoms with van der Waals surface area (Å²) < 4.78 is 5.54. The third-order valence-corrected chi connectivity index (χ3v) is 2.40. The summed E-state index contributed by atoms with van der Waals surface area (Å²) in [4.78, 5) is 4.71. The molecule has 1 rings (SSSR count). The summed E-state index contributed by atoms with van der Waals surface area (Å²) in [6.45, 7) is 6.33. The van der Waals surface area contributed by atoms with Gasteiger partial charge in [-0.05, 0) is 11.4 Å². The molecular weight excluding hydrogens is 196 g/mol. The van der Waals surface area contributed by atoms with Gasteiger partial charge >= 0.3 is 0 Å². The van der Waals surface area contributed by atoms with Crippen LogP contribution in [0.15, 0.2) is 5.11 Å². The molecule has 2 atom stereocenters. The van der Waals surface area contributed by atoms with Crippen LogP contribution in [0.4, 0.5) is 0 Å². The van der Waals surface area contributed by atoms with Gasteiger partial charge in [-0.25, -0.2) is 0 Å². The number of aliphatic hydroxyl groups excluding tert-OH is 1. The molecule has 0 radical (unpaired) electrons. The van der Waals surface area contributed by atoms with Gasteiger partial charge in [0.2, 0.25) is 0 Å². The van der Waals surface area contributed by atoms with Gasteiger partial charge in [-0.1, -0.05) is 19.0 Å². The molecule has 86 valence electrons. The summed E-state index contributed by atoms with van der Waals surface area (Å²) in [5.41, 5.74) is 8.13. The van der Waals surface area contributed by atoms with Crippen LogP contribution >= 0.6 is 0 Å². The SMILES string of the molecule is CC(C)C1OCCN1CC(O)CN=[N+]=[N-]. The van der Waals surface area contributed by atoms with Crippen molar-refractivity contribution < 1.29 is 9.84 Å². The van der Waals surface area contributed by atoms with E-state index in [1.807, 2.05) is 0 Å². The van der Waals surface area contributed by atoms with Gasteiger partial charge in [-0.3, -0.25) is 4.90 Å². The number of aliphatic hydroxyl groups is 1. The van der Waals surface area contributed by atoms with Gasteiger partial charge in [0, 0.05) is 18.0 Å². The maximum atomic E-state index is 9.58. The van der Waals surface area contributed by atoms with Gasteiger partial charge in [0.15, 0.2) is 0 Å². The molecule has 1 aliphatic heterocycles. The van der Waals surface area contributed by atoms with Crippen molar-refractivity contribution in [1.29, 1.82) is 0 Å². The maximum Gasteiger partial charge on any atom is 0.113 e. The van der Waals surface area contributed by atoms with Crippen LogP contribution in [0, 0.1) is 5.92 Å². The van der Waals surface area contributed by atoms with Crippen molar-refractivity contribution >= 4 is 0 Å². The van der Waals surface area contributed by atoms with Gasteiger partial charge < -0.3 is 9.84 Å². The maximum absolute atomic E-state index is 9.58. The zero-order valence-electron chi connectivity index (χ0n) is 9.20. The van der Waals surface area contributed by atoms with Crippen molar-refractivity contribution in [2.75, 3.05) is 26.2 Å². The molecule has 15 heavy (non-hydrogen) atoms. The summed E-state index contributed by atoms with van der Waals surface area (Å²) in [5.74, 6) is 0.402. The number of hydrogen-bond donors (Lipinski definition) is 1. The Hall–Kier alpha value is -0.810. The minimum atomic E-state index is -0.608. The smallest absolute Gasteiger partial charge is 0.113 e. The van der Waals surface area contributed by atoms with E-state index in [0.717, 1.165) is 6.54 Å². The van der Waals surface area contributed by atoms with E-state index in [4.69, 9.17) is 10.3 Å². The van der Waals surface area contributed by atoms with Gasteiger partial charge in [-0.2, -0.15) is 0 Å². The van der Waals surface area contributed by atoms with Crippen molar-refractivity contribution in [3.05, 3.63) is 10.4 Å². The van der Waals surface area contributed by atoms with Gasteiger partial charge in [0.25, 0.3) is 0 Å². The van der Waals surface area contributed by atoms with E-state index in [-0.39, 0.29) is 12.8 Å². The molecule has 0 spiro atoms. The first-order valence-corrected chi connectivity index (χ1v) is 5.19. The molecule has 0 aliphatic carbocycles. The molecule has 0 aromatic carbocycles. The van der Waals surface area contributed by atoms with E-state index in [1.165, 1.54) is 0 Å². The van der Waals surface area contributed by atoms with Crippen LogP contribution in [0.25, 0.3) is 10.4 Å². The first-order valence-electron chi connectivity index (χ1n) is 5.19. The number of hydrogen-bond acceptors (Lipinski definition) is 4. The molecular formula is C9H18N4O2. The van der Waals surface area contributed by atoms with Crippen molar-refractivity contribution in [3.63, 3.8) is 0 Å². The van der Waals surface area contributed by atoms with E-state index < -0.39 is 6.10 Å². The highest BCUT2D eigenvalue weighted by Crippen LogP contribution is 2.17. The van der Waals surface area contributed by atoms with Crippen molar-refractivity contribution in [2.24, 2.45) is 11.0 Å². The summed E-state index contributed by atoms with van der Waals surface area (Å²) in [6, 6.07) is 0. The molecule has 1 saturated heterocycles. The molecule has 1 aliphatic rings. The van der Waals surface area contributed by atoms with Crippen LogP contribution < -0.4 is 0 Å². The highest BCUT2D eigenvalue weighted by atomic mass is 16.5. The zero-order chi connectivity index (χ0) is 11.3. The van der Waals surface area contributed by atoms with Crippen molar-refractivity contribution in [3.8, 4) is 0 Å². The highest BCUT2D eigenvalue weighted by molar-refractivity contribution is 4.76. The molecule has 0 aromatic rings. The number of β-amino-alcohol motifs (C(OH)–C–C–N with tert-alkyl or cyclic N) is 1. The average Bonchev–Trinajstić information content (AvgIpc) is 2.62. The standard InChI is InChI=1S/C9H18N4O2/c1-7(2)9-13(3-4-15-9)6-8(14)5-11-12-10/h7-9,14H,3-6H2,1-2H3. The molecule has 2 unspecified atom stereocenters. The Bertz CT molecular complexity index is 240. The third kappa shape index (κ3) is 3.68. The predicted octanol–water partition coefficient (Wildman–Crippen LogP) is 0.972. The zero-order valence-corrected chi connectivity index (χ0v) is 9.20. The summed E-state index contributed by atoms with van der Waals surface area (Å²) in [7, 11) is 0. The largest absolute Gasteiger partial charge is 0.392 e. The van der Waals surface area contributed by atoms with E-state index in [0.29, 0.717) is 19.1 Å². The average molecular weight is 214 g/mol. The fourth-order valence-corrected chi connectivity index (χ4v) is 1.79. The fraction of sp³-hybridized carbons (Fsp3) is 1.00. The molecule has 1 fully saturated rings. The molecule has 0 bridgehead atoms. The van der Waals surface area contributed by atoms with Crippen LogP contribution in [0.5, 0.6) is 0 Å². The fourth-order valence-electron chi connectivity index (χ4n) is 1.79. The second-order valence-corrected chi connectivity index (χ2v) is 4.07. The van der Waals surface area contributed by atoms with Gasteiger partial charge in [-0.15, -0.1) is 0 Å². The number of rotatable bonds is 5.